The summed E-state index contributed by atoms with van der Waals surface area (Å²) in [5, 5.41) is 2.77. The van der Waals surface area contributed by atoms with Crippen molar-refractivity contribution in [3.05, 3.63) is 54.2 Å². The lowest BCUT2D eigenvalue weighted by Crippen LogP contribution is -2.14. The van der Waals surface area contributed by atoms with Gasteiger partial charge in [-0.05, 0) is 24.3 Å². The smallest absolute Gasteiger partial charge is 0.230 e. The quantitative estimate of drug-likeness (QED) is 0.781. The Labute approximate surface area is 137 Å². The number of fused-ring (bicyclic) bond motifs is 1. The van der Waals surface area contributed by atoms with Crippen LogP contribution in [0.5, 0.6) is 11.5 Å². The minimum atomic E-state index is -0.360. The molecule has 0 bridgehead atoms. The number of ether oxygens (including phenoxy) is 2. The third kappa shape index (κ3) is 3.29. The van der Waals surface area contributed by atoms with Crippen molar-refractivity contribution in [2.45, 2.75) is 6.42 Å². The third-order valence-corrected chi connectivity index (χ3v) is 3.47. The molecule has 0 atom stereocenters. The Kier molecular flexibility index (Phi) is 4.33. The Balaban J connectivity index is 1.72. The number of methoxy groups -OCH3 is 2. The number of pyridine rings is 1. The molecule has 1 N–H and O–H groups in total. The minimum absolute atomic E-state index is 0.0810. The highest BCUT2D eigenvalue weighted by atomic mass is 19.1. The molecule has 6 nitrogen and oxygen atoms in total. The first-order valence-electron chi connectivity index (χ1n) is 7.24. The maximum Gasteiger partial charge on any atom is 0.230 e. The number of amides is 1. The van der Waals surface area contributed by atoms with Gasteiger partial charge in [-0.25, -0.2) is 9.37 Å². The molecule has 0 aliphatic carbocycles. The summed E-state index contributed by atoms with van der Waals surface area (Å²) in [4.78, 5) is 16.5. The van der Waals surface area contributed by atoms with Gasteiger partial charge in [0.2, 0.25) is 5.91 Å². The molecule has 0 aliphatic heterocycles. The first-order chi connectivity index (χ1) is 11.6. The van der Waals surface area contributed by atoms with E-state index in [0.717, 1.165) is 0 Å². The molecule has 7 heteroatoms. The van der Waals surface area contributed by atoms with E-state index in [1.807, 2.05) is 0 Å². The van der Waals surface area contributed by atoms with Gasteiger partial charge >= 0.3 is 0 Å². The molecule has 0 fully saturated rings. The number of imidazole rings is 1. The summed E-state index contributed by atoms with van der Waals surface area (Å²) in [6.07, 6.45) is 3.03. The van der Waals surface area contributed by atoms with Crippen LogP contribution in [0.2, 0.25) is 0 Å². The zero-order valence-corrected chi connectivity index (χ0v) is 13.2. The number of halogens is 1. The second-order valence-electron chi connectivity index (χ2n) is 5.14. The third-order valence-electron chi connectivity index (χ3n) is 3.47. The predicted molar refractivity (Wildman–Crippen MR) is 87.0 cm³/mol. The Bertz CT molecular complexity index is 892. The monoisotopic (exact) mass is 329 g/mol. The molecule has 2 aromatic heterocycles. The first kappa shape index (κ1) is 15.8. The Morgan fingerprint density at radius 3 is 2.71 bits per heavy atom. The summed E-state index contributed by atoms with van der Waals surface area (Å²) in [6.45, 7) is 0. The lowest BCUT2D eigenvalue weighted by molar-refractivity contribution is -0.115. The maximum atomic E-state index is 13.2. The molecule has 0 saturated heterocycles. The molecule has 0 radical (unpaired) electrons. The van der Waals surface area contributed by atoms with Crippen LogP contribution in [-0.4, -0.2) is 29.5 Å². The topological polar surface area (TPSA) is 64.9 Å². The molecule has 24 heavy (non-hydrogen) atoms. The van der Waals surface area contributed by atoms with E-state index in [1.54, 1.807) is 42.0 Å². The van der Waals surface area contributed by atoms with Crippen molar-refractivity contribution in [3.8, 4) is 11.5 Å². The van der Waals surface area contributed by atoms with Crippen LogP contribution in [0.4, 0.5) is 10.1 Å². The van der Waals surface area contributed by atoms with Crippen LogP contribution in [0.3, 0.4) is 0 Å². The molecule has 3 rings (SSSR count). The molecular formula is C17H16FN3O3. The fourth-order valence-electron chi connectivity index (χ4n) is 2.39. The number of benzene rings is 1. The van der Waals surface area contributed by atoms with E-state index in [1.165, 1.54) is 19.4 Å². The summed E-state index contributed by atoms with van der Waals surface area (Å²) in [6, 6.07) is 8.00. The van der Waals surface area contributed by atoms with Crippen LogP contribution >= 0.6 is 0 Å². The van der Waals surface area contributed by atoms with Gasteiger partial charge in [0, 0.05) is 24.1 Å². The lowest BCUT2D eigenvalue weighted by atomic mass is 10.2. The number of aromatic nitrogens is 2. The van der Waals surface area contributed by atoms with Crippen LogP contribution in [0, 0.1) is 5.82 Å². The van der Waals surface area contributed by atoms with E-state index in [9.17, 15) is 9.18 Å². The van der Waals surface area contributed by atoms with E-state index < -0.39 is 0 Å². The molecule has 0 aliphatic rings. The molecule has 0 unspecified atom stereocenters. The average molecular weight is 329 g/mol. The molecule has 0 saturated carbocycles. The normalized spacial score (nSPS) is 10.6. The van der Waals surface area contributed by atoms with Gasteiger partial charge in [0.25, 0.3) is 0 Å². The van der Waals surface area contributed by atoms with Gasteiger partial charge in [-0.15, -0.1) is 0 Å². The van der Waals surface area contributed by atoms with Crippen molar-refractivity contribution in [3.63, 3.8) is 0 Å². The van der Waals surface area contributed by atoms with Gasteiger partial charge < -0.3 is 19.2 Å². The number of rotatable bonds is 5. The number of hydrogen-bond acceptors (Lipinski definition) is 4. The first-order valence-corrected chi connectivity index (χ1v) is 7.24. The number of carbonyl (C=O) groups excluding carboxylic acids is 1. The fraction of sp³-hybridized carbons (Fsp3) is 0.176. The molecular weight excluding hydrogens is 313 g/mol. The number of hydrogen-bond donors (Lipinski definition) is 1. The van der Waals surface area contributed by atoms with Crippen LogP contribution in [0.15, 0.2) is 42.7 Å². The van der Waals surface area contributed by atoms with Crippen LogP contribution in [0.25, 0.3) is 5.65 Å². The Morgan fingerprint density at radius 2 is 1.96 bits per heavy atom. The maximum absolute atomic E-state index is 13.2. The molecule has 1 amide bonds. The second kappa shape index (κ2) is 6.57. The van der Waals surface area contributed by atoms with Crippen molar-refractivity contribution in [1.29, 1.82) is 0 Å². The number of carbonyl (C=O) groups is 1. The summed E-state index contributed by atoms with van der Waals surface area (Å²) in [5.74, 6) is 0.517. The van der Waals surface area contributed by atoms with Crippen LogP contribution in [-0.2, 0) is 11.2 Å². The Morgan fingerprint density at radius 1 is 1.17 bits per heavy atom. The van der Waals surface area contributed by atoms with Crippen LogP contribution in [0.1, 0.15) is 5.69 Å². The molecule has 0 spiro atoms. The SMILES string of the molecule is COc1ccc(NC(=O)Cc2cn3cc(F)ccc3n2)cc1OC. The van der Waals surface area contributed by atoms with Gasteiger partial charge in [-0.3, -0.25) is 4.79 Å². The predicted octanol–water partition coefficient (Wildman–Crippen LogP) is 2.67. The summed E-state index contributed by atoms with van der Waals surface area (Å²) < 4.78 is 25.1. The molecule has 1 aromatic carbocycles. The van der Waals surface area contributed by atoms with E-state index in [2.05, 4.69) is 10.3 Å². The van der Waals surface area contributed by atoms with Gasteiger partial charge in [-0.1, -0.05) is 0 Å². The Hall–Kier alpha value is -3.09. The van der Waals surface area contributed by atoms with Crippen LogP contribution < -0.4 is 14.8 Å². The summed E-state index contributed by atoms with van der Waals surface area (Å²) in [7, 11) is 3.07. The highest BCUT2D eigenvalue weighted by Crippen LogP contribution is 2.29. The summed E-state index contributed by atoms with van der Waals surface area (Å²) in [5.41, 5.74) is 1.73. The van der Waals surface area contributed by atoms with E-state index in [-0.39, 0.29) is 18.1 Å². The highest BCUT2D eigenvalue weighted by Gasteiger charge is 2.10. The van der Waals surface area contributed by atoms with Crippen molar-refractivity contribution in [2.24, 2.45) is 0 Å². The summed E-state index contributed by atoms with van der Waals surface area (Å²) >= 11 is 0. The molecule has 2 heterocycles. The van der Waals surface area contributed by atoms with Gasteiger partial charge in [0.05, 0.1) is 26.3 Å². The van der Waals surface area contributed by atoms with E-state index in [0.29, 0.717) is 28.5 Å². The van der Waals surface area contributed by atoms with Crippen molar-refractivity contribution in [1.82, 2.24) is 9.38 Å². The zero-order valence-electron chi connectivity index (χ0n) is 13.2. The van der Waals surface area contributed by atoms with Gasteiger partial charge in [-0.2, -0.15) is 0 Å². The number of nitrogens with one attached hydrogen (secondary N) is 1. The van der Waals surface area contributed by atoms with E-state index >= 15 is 0 Å². The molecule has 3 aromatic rings. The fourth-order valence-corrected chi connectivity index (χ4v) is 2.39. The van der Waals surface area contributed by atoms with Crippen molar-refractivity contribution in [2.75, 3.05) is 19.5 Å². The van der Waals surface area contributed by atoms with E-state index in [4.69, 9.17) is 9.47 Å². The standard InChI is InChI=1S/C17H16FN3O3/c1-23-14-5-4-12(7-15(14)24-2)20-17(22)8-13-10-21-9-11(18)3-6-16(21)19-13/h3-7,9-10H,8H2,1-2H3,(H,20,22). The molecule has 124 valence electrons. The van der Waals surface area contributed by atoms with Gasteiger partial charge in [0.1, 0.15) is 11.5 Å². The number of nitrogens with zero attached hydrogens (tertiary/aromatic N) is 2. The minimum Gasteiger partial charge on any atom is -0.493 e. The average Bonchev–Trinajstić information content (AvgIpc) is 2.95. The highest BCUT2D eigenvalue weighted by molar-refractivity contribution is 5.92. The largest absolute Gasteiger partial charge is 0.493 e. The lowest BCUT2D eigenvalue weighted by Gasteiger charge is -2.10. The second-order valence-corrected chi connectivity index (χ2v) is 5.14. The van der Waals surface area contributed by atoms with Crippen molar-refractivity contribution < 1.29 is 18.7 Å². The zero-order chi connectivity index (χ0) is 17.1. The van der Waals surface area contributed by atoms with Gasteiger partial charge in [0.15, 0.2) is 11.5 Å². The number of anilines is 1. The van der Waals surface area contributed by atoms with Crippen molar-refractivity contribution >= 4 is 17.2 Å².